The van der Waals surface area contributed by atoms with Gasteiger partial charge in [-0.3, -0.25) is 14.9 Å². The molecule has 0 spiro atoms. The molecule has 8 nitrogen and oxygen atoms in total. The van der Waals surface area contributed by atoms with E-state index in [4.69, 9.17) is 32.4 Å². The maximum atomic E-state index is 11.9. The van der Waals surface area contributed by atoms with Crippen molar-refractivity contribution in [3.63, 3.8) is 0 Å². The summed E-state index contributed by atoms with van der Waals surface area (Å²) in [6.07, 6.45) is 1.31. The molecule has 0 aliphatic heterocycles. The molecular formula is C20H15Cl2N3O5. The van der Waals surface area contributed by atoms with E-state index in [9.17, 15) is 14.9 Å². The molecule has 1 amide bonds. The van der Waals surface area contributed by atoms with Gasteiger partial charge in [0.1, 0.15) is 11.5 Å². The van der Waals surface area contributed by atoms with E-state index in [-0.39, 0.29) is 11.4 Å². The lowest BCUT2D eigenvalue weighted by Gasteiger charge is -2.06. The fourth-order valence-corrected chi connectivity index (χ4v) is 2.76. The molecule has 3 rings (SSSR count). The average molecular weight is 448 g/mol. The SMILES string of the molecule is Cc1ccc(OCC(=O)NN=Cc2ccc(-c3ccc(Cl)c(Cl)c3)o2)c([N+](=O)[O-])c1. The number of carbonyl (C=O) groups excluding carboxylic acids is 1. The van der Waals surface area contributed by atoms with E-state index in [1.807, 2.05) is 0 Å². The van der Waals surface area contributed by atoms with Crippen LogP contribution >= 0.6 is 23.2 Å². The van der Waals surface area contributed by atoms with Gasteiger partial charge in [0.25, 0.3) is 5.91 Å². The summed E-state index contributed by atoms with van der Waals surface area (Å²) < 4.78 is 10.8. The number of hydrogen-bond donors (Lipinski definition) is 1. The van der Waals surface area contributed by atoms with Crippen molar-refractivity contribution in [2.75, 3.05) is 6.61 Å². The lowest BCUT2D eigenvalue weighted by molar-refractivity contribution is -0.385. The predicted molar refractivity (Wildman–Crippen MR) is 113 cm³/mol. The normalized spacial score (nSPS) is 10.9. The van der Waals surface area contributed by atoms with Crippen molar-refractivity contribution in [2.45, 2.75) is 6.92 Å². The Morgan fingerprint density at radius 2 is 2.00 bits per heavy atom. The van der Waals surface area contributed by atoms with E-state index in [2.05, 4.69) is 10.5 Å². The summed E-state index contributed by atoms with van der Waals surface area (Å²) in [5.41, 5.74) is 3.50. The van der Waals surface area contributed by atoms with Gasteiger partial charge < -0.3 is 9.15 Å². The molecule has 0 aliphatic rings. The van der Waals surface area contributed by atoms with Crippen LogP contribution in [0.1, 0.15) is 11.3 Å². The Bertz CT molecular complexity index is 1130. The molecule has 30 heavy (non-hydrogen) atoms. The second-order valence-corrected chi connectivity index (χ2v) is 6.96. The highest BCUT2D eigenvalue weighted by Crippen LogP contribution is 2.29. The molecule has 0 saturated heterocycles. The summed E-state index contributed by atoms with van der Waals surface area (Å²) in [4.78, 5) is 22.4. The molecule has 2 aromatic carbocycles. The van der Waals surface area contributed by atoms with Gasteiger partial charge >= 0.3 is 5.69 Å². The fourth-order valence-electron chi connectivity index (χ4n) is 2.46. The largest absolute Gasteiger partial charge is 0.477 e. The van der Waals surface area contributed by atoms with E-state index in [1.54, 1.807) is 43.3 Å². The van der Waals surface area contributed by atoms with Gasteiger partial charge in [0, 0.05) is 11.6 Å². The zero-order chi connectivity index (χ0) is 21.7. The van der Waals surface area contributed by atoms with Crippen LogP contribution in [0, 0.1) is 17.0 Å². The topological polar surface area (TPSA) is 107 Å². The van der Waals surface area contributed by atoms with Gasteiger partial charge in [0.2, 0.25) is 0 Å². The number of benzene rings is 2. The summed E-state index contributed by atoms with van der Waals surface area (Å²) in [5, 5.41) is 15.7. The molecule has 0 radical (unpaired) electrons. The molecular weight excluding hydrogens is 433 g/mol. The van der Waals surface area contributed by atoms with Gasteiger partial charge in [-0.1, -0.05) is 29.3 Å². The van der Waals surface area contributed by atoms with Crippen molar-refractivity contribution in [2.24, 2.45) is 5.10 Å². The minimum Gasteiger partial charge on any atom is -0.477 e. The number of amides is 1. The molecule has 10 heteroatoms. The lowest BCUT2D eigenvalue weighted by atomic mass is 10.2. The molecule has 1 aromatic heterocycles. The number of aryl methyl sites for hydroxylation is 1. The van der Waals surface area contributed by atoms with Crippen LogP contribution in [0.2, 0.25) is 10.0 Å². The van der Waals surface area contributed by atoms with Crippen molar-refractivity contribution in [3.8, 4) is 17.1 Å². The van der Waals surface area contributed by atoms with Gasteiger partial charge in [-0.15, -0.1) is 0 Å². The van der Waals surface area contributed by atoms with Crippen LogP contribution in [0.15, 0.2) is 58.0 Å². The van der Waals surface area contributed by atoms with Crippen LogP contribution in [0.25, 0.3) is 11.3 Å². The quantitative estimate of drug-likeness (QED) is 0.311. The van der Waals surface area contributed by atoms with E-state index in [0.717, 1.165) is 5.56 Å². The van der Waals surface area contributed by atoms with Crippen molar-refractivity contribution in [3.05, 3.63) is 80.0 Å². The first-order valence-electron chi connectivity index (χ1n) is 8.58. The van der Waals surface area contributed by atoms with Crippen molar-refractivity contribution < 1.29 is 18.9 Å². The third-order valence-corrected chi connectivity index (χ3v) is 4.62. The number of furan rings is 1. The molecule has 0 bridgehead atoms. The first-order valence-corrected chi connectivity index (χ1v) is 9.34. The Balaban J connectivity index is 1.56. The zero-order valence-corrected chi connectivity index (χ0v) is 17.1. The monoisotopic (exact) mass is 447 g/mol. The number of rotatable bonds is 7. The lowest BCUT2D eigenvalue weighted by Crippen LogP contribution is -2.24. The number of nitrogens with one attached hydrogen (secondary N) is 1. The summed E-state index contributed by atoms with van der Waals surface area (Å²) in [7, 11) is 0. The third-order valence-electron chi connectivity index (χ3n) is 3.88. The Hall–Kier alpha value is -3.36. The van der Waals surface area contributed by atoms with Gasteiger partial charge in [-0.25, -0.2) is 5.43 Å². The van der Waals surface area contributed by atoms with Crippen molar-refractivity contribution in [1.82, 2.24) is 5.43 Å². The fraction of sp³-hybridized carbons (Fsp3) is 0.100. The summed E-state index contributed by atoms with van der Waals surface area (Å²) >= 11 is 11.9. The molecule has 154 valence electrons. The maximum Gasteiger partial charge on any atom is 0.311 e. The van der Waals surface area contributed by atoms with Crippen LogP contribution in [-0.2, 0) is 4.79 Å². The maximum absolute atomic E-state index is 11.9. The second kappa shape index (κ2) is 9.43. The standard InChI is InChI=1S/C20H15Cl2N3O5/c1-12-2-6-19(17(8-12)25(27)28)29-11-20(26)24-23-10-14-4-7-18(30-14)13-3-5-15(21)16(22)9-13/h2-10H,11H2,1H3,(H,24,26). The molecule has 0 saturated carbocycles. The highest BCUT2D eigenvalue weighted by Gasteiger charge is 2.16. The van der Waals surface area contributed by atoms with Crippen LogP contribution in [-0.4, -0.2) is 23.7 Å². The van der Waals surface area contributed by atoms with Gasteiger partial charge in [-0.05, 0) is 48.9 Å². The predicted octanol–water partition coefficient (Wildman–Crippen LogP) is 5.00. The number of hydrogen-bond acceptors (Lipinski definition) is 6. The smallest absolute Gasteiger partial charge is 0.311 e. The zero-order valence-electron chi connectivity index (χ0n) is 15.6. The molecule has 1 heterocycles. The molecule has 0 aliphatic carbocycles. The second-order valence-electron chi connectivity index (χ2n) is 6.14. The number of nitrogens with zero attached hydrogens (tertiary/aromatic N) is 2. The van der Waals surface area contributed by atoms with E-state index in [1.165, 1.54) is 18.3 Å². The number of halogens is 2. The van der Waals surface area contributed by atoms with E-state index >= 15 is 0 Å². The highest BCUT2D eigenvalue weighted by molar-refractivity contribution is 6.42. The molecule has 1 N–H and O–H groups in total. The van der Waals surface area contributed by atoms with Crippen LogP contribution in [0.4, 0.5) is 5.69 Å². The Labute approximate surface area is 181 Å². The highest BCUT2D eigenvalue weighted by atomic mass is 35.5. The molecule has 0 fully saturated rings. The molecule has 3 aromatic rings. The summed E-state index contributed by atoms with van der Waals surface area (Å²) in [5.74, 6) is 0.363. The Morgan fingerprint density at radius 1 is 1.20 bits per heavy atom. The average Bonchev–Trinajstić information content (AvgIpc) is 3.18. The number of nitro benzene ring substituents is 1. The first-order chi connectivity index (χ1) is 14.3. The van der Waals surface area contributed by atoms with Crippen LogP contribution < -0.4 is 10.2 Å². The van der Waals surface area contributed by atoms with E-state index < -0.39 is 17.4 Å². The number of hydrazone groups is 1. The minimum absolute atomic E-state index is 0.00188. The number of nitro groups is 1. The summed E-state index contributed by atoms with van der Waals surface area (Å²) in [6.45, 7) is 1.29. The van der Waals surface area contributed by atoms with Crippen LogP contribution in [0.5, 0.6) is 5.75 Å². The first kappa shape index (κ1) is 21.4. The summed E-state index contributed by atoms with van der Waals surface area (Å²) in [6, 6.07) is 13.0. The minimum atomic E-state index is -0.586. The molecule has 0 unspecified atom stereocenters. The van der Waals surface area contributed by atoms with Gasteiger partial charge in [0.05, 0.1) is 21.2 Å². The van der Waals surface area contributed by atoms with E-state index in [0.29, 0.717) is 27.1 Å². The van der Waals surface area contributed by atoms with Gasteiger partial charge in [0.15, 0.2) is 12.4 Å². The van der Waals surface area contributed by atoms with Gasteiger partial charge in [-0.2, -0.15) is 5.10 Å². The molecule has 0 atom stereocenters. The number of ether oxygens (including phenoxy) is 1. The van der Waals surface area contributed by atoms with Crippen molar-refractivity contribution >= 4 is 41.0 Å². The third kappa shape index (κ3) is 5.37. The number of carbonyl (C=O) groups is 1. The van der Waals surface area contributed by atoms with Crippen LogP contribution in [0.3, 0.4) is 0 Å². The Kier molecular flexibility index (Phi) is 6.71. The van der Waals surface area contributed by atoms with Crippen molar-refractivity contribution in [1.29, 1.82) is 0 Å². The Morgan fingerprint density at radius 3 is 2.73 bits per heavy atom.